The van der Waals surface area contributed by atoms with Crippen LogP contribution >= 0.6 is 11.3 Å². The molecule has 0 atom stereocenters. The summed E-state index contributed by atoms with van der Waals surface area (Å²) < 4.78 is 0. The smallest absolute Gasteiger partial charge is 0.345 e. The van der Waals surface area contributed by atoms with Crippen molar-refractivity contribution >= 4 is 28.9 Å². The number of carbonyl (C=O) groups is 2. The second kappa shape index (κ2) is 5.64. The molecule has 3 N–H and O–H groups in total. The number of nitrogens with one attached hydrogen (secondary N) is 1. The normalized spacial score (nSPS) is 10.2. The lowest BCUT2D eigenvalue weighted by Gasteiger charge is -2.04. The Kier molecular flexibility index (Phi) is 3.94. The summed E-state index contributed by atoms with van der Waals surface area (Å²) in [4.78, 5) is 23.0. The first-order chi connectivity index (χ1) is 9.10. The van der Waals surface area contributed by atoms with Gasteiger partial charge in [0.2, 0.25) is 0 Å². The Balaban J connectivity index is 2.08. The van der Waals surface area contributed by atoms with Crippen molar-refractivity contribution in [3.63, 3.8) is 0 Å². The average Bonchev–Trinajstić information content (AvgIpc) is 2.89. The van der Waals surface area contributed by atoms with Crippen LogP contribution in [0.25, 0.3) is 0 Å². The highest BCUT2D eigenvalue weighted by atomic mass is 32.1. The Morgan fingerprint density at radius 2 is 1.68 bits per heavy atom. The lowest BCUT2D eigenvalue weighted by atomic mass is 10.2. The molecule has 0 unspecified atom stereocenters. The van der Waals surface area contributed by atoms with Crippen LogP contribution in [0.5, 0.6) is 0 Å². The number of carboxylic acids is 1. The van der Waals surface area contributed by atoms with E-state index in [-0.39, 0.29) is 17.4 Å². The van der Waals surface area contributed by atoms with Crippen molar-refractivity contribution in [1.29, 1.82) is 0 Å². The summed E-state index contributed by atoms with van der Waals surface area (Å²) in [6.07, 6.45) is 0. The summed E-state index contributed by atoms with van der Waals surface area (Å²) in [7, 11) is 0. The Hall–Kier alpha value is -2.18. The van der Waals surface area contributed by atoms with Crippen LogP contribution < -0.4 is 5.32 Å². The third kappa shape index (κ3) is 3.18. The molecule has 98 valence electrons. The Morgan fingerprint density at radius 1 is 1.05 bits per heavy atom. The first kappa shape index (κ1) is 13.3. The molecule has 0 radical (unpaired) electrons. The van der Waals surface area contributed by atoms with Gasteiger partial charge in [0.25, 0.3) is 5.91 Å². The Bertz CT molecular complexity index is 603. The van der Waals surface area contributed by atoms with E-state index < -0.39 is 5.97 Å². The molecule has 0 aliphatic rings. The van der Waals surface area contributed by atoms with Gasteiger partial charge in [0.1, 0.15) is 4.88 Å². The fourth-order valence-electron chi connectivity index (χ4n) is 1.46. The molecule has 0 saturated carbocycles. The fraction of sp³-hybridized carbons (Fsp3) is 0.0769. The number of rotatable bonds is 4. The number of anilines is 1. The minimum atomic E-state index is -1.05. The topological polar surface area (TPSA) is 86.6 Å². The lowest BCUT2D eigenvalue weighted by molar-refractivity contribution is 0.0702. The van der Waals surface area contributed by atoms with Crippen molar-refractivity contribution in [2.24, 2.45) is 0 Å². The number of hydrogen-bond donors (Lipinski definition) is 3. The molecule has 0 aliphatic carbocycles. The molecule has 2 rings (SSSR count). The van der Waals surface area contributed by atoms with Crippen molar-refractivity contribution in [1.82, 2.24) is 0 Å². The molecule has 0 aliphatic heterocycles. The highest BCUT2D eigenvalue weighted by Gasteiger charge is 2.12. The monoisotopic (exact) mass is 277 g/mol. The third-order valence-corrected chi connectivity index (χ3v) is 3.51. The molecular weight excluding hydrogens is 266 g/mol. The molecule has 2 aromatic rings. The molecule has 0 fully saturated rings. The van der Waals surface area contributed by atoms with Crippen molar-refractivity contribution in [3.8, 4) is 0 Å². The van der Waals surface area contributed by atoms with E-state index >= 15 is 0 Å². The molecule has 0 saturated heterocycles. The van der Waals surface area contributed by atoms with E-state index in [2.05, 4.69) is 5.32 Å². The maximum Gasteiger partial charge on any atom is 0.345 e. The number of carbonyl (C=O) groups excluding carboxylic acids is 1. The van der Waals surface area contributed by atoms with Crippen molar-refractivity contribution in [3.05, 3.63) is 51.7 Å². The van der Waals surface area contributed by atoms with Gasteiger partial charge in [-0.3, -0.25) is 4.79 Å². The predicted octanol–water partition coefficient (Wildman–Crippen LogP) is 2.19. The van der Waals surface area contributed by atoms with Crippen LogP contribution in [0.15, 0.2) is 36.4 Å². The molecule has 19 heavy (non-hydrogen) atoms. The van der Waals surface area contributed by atoms with E-state index in [1.165, 1.54) is 12.1 Å². The molecular formula is C13H11NO4S. The van der Waals surface area contributed by atoms with Crippen molar-refractivity contribution in [2.75, 3.05) is 5.32 Å². The molecule has 1 amide bonds. The second-order valence-electron chi connectivity index (χ2n) is 3.78. The van der Waals surface area contributed by atoms with Gasteiger partial charge in [-0.1, -0.05) is 12.1 Å². The number of carboxylic acid groups (broad SMARTS) is 1. The summed E-state index contributed by atoms with van der Waals surface area (Å²) in [6, 6.07) is 9.63. The number of hydrogen-bond acceptors (Lipinski definition) is 4. The SMILES string of the molecule is O=C(O)c1ccc(C(=O)Nc2ccc(CO)cc2)s1. The van der Waals surface area contributed by atoms with Crippen LogP contribution in [0.2, 0.25) is 0 Å². The Morgan fingerprint density at radius 3 is 2.21 bits per heavy atom. The summed E-state index contributed by atoms with van der Waals surface area (Å²) in [5, 5.41) is 20.3. The molecule has 0 spiro atoms. The van der Waals surface area contributed by atoms with Crippen LogP contribution in [-0.2, 0) is 6.61 Å². The van der Waals surface area contributed by atoms with E-state index in [9.17, 15) is 9.59 Å². The zero-order valence-corrected chi connectivity index (χ0v) is 10.6. The maximum atomic E-state index is 11.9. The molecule has 6 heteroatoms. The molecule has 1 aromatic carbocycles. The largest absolute Gasteiger partial charge is 0.477 e. The van der Waals surface area contributed by atoms with Crippen LogP contribution in [0.1, 0.15) is 24.9 Å². The fourth-order valence-corrected chi connectivity index (χ4v) is 2.20. The van der Waals surface area contributed by atoms with Gasteiger partial charge >= 0.3 is 5.97 Å². The summed E-state index contributed by atoms with van der Waals surface area (Å²) in [5.74, 6) is -1.40. The molecule has 1 heterocycles. The predicted molar refractivity (Wildman–Crippen MR) is 71.6 cm³/mol. The van der Waals surface area contributed by atoms with Gasteiger partial charge in [-0.2, -0.15) is 0 Å². The van der Waals surface area contributed by atoms with Gasteiger partial charge in [-0.15, -0.1) is 11.3 Å². The van der Waals surface area contributed by atoms with E-state index in [0.29, 0.717) is 10.6 Å². The van der Waals surface area contributed by atoms with Gasteiger partial charge in [0.05, 0.1) is 11.5 Å². The third-order valence-electron chi connectivity index (χ3n) is 2.43. The zero-order valence-electron chi connectivity index (χ0n) is 9.79. The number of thiophene rings is 1. The first-order valence-corrected chi connectivity index (χ1v) is 6.26. The number of aromatic carboxylic acids is 1. The van der Waals surface area contributed by atoms with Crippen LogP contribution in [0.4, 0.5) is 5.69 Å². The van der Waals surface area contributed by atoms with Crippen LogP contribution in [0, 0.1) is 0 Å². The lowest BCUT2D eigenvalue weighted by Crippen LogP contribution is -2.10. The van der Waals surface area contributed by atoms with Crippen molar-refractivity contribution in [2.45, 2.75) is 6.61 Å². The highest BCUT2D eigenvalue weighted by Crippen LogP contribution is 2.18. The van der Waals surface area contributed by atoms with E-state index in [0.717, 1.165) is 16.9 Å². The van der Waals surface area contributed by atoms with Crippen molar-refractivity contribution < 1.29 is 19.8 Å². The van der Waals surface area contributed by atoms with E-state index in [1.807, 2.05) is 0 Å². The molecule has 5 nitrogen and oxygen atoms in total. The van der Waals surface area contributed by atoms with Gasteiger partial charge in [0, 0.05) is 5.69 Å². The number of aliphatic hydroxyl groups excluding tert-OH is 1. The summed E-state index contributed by atoms with van der Waals surface area (Å²) >= 11 is 0.924. The second-order valence-corrected chi connectivity index (χ2v) is 4.86. The summed E-state index contributed by atoms with van der Waals surface area (Å²) in [5.41, 5.74) is 1.34. The van der Waals surface area contributed by atoms with Gasteiger partial charge in [-0.25, -0.2) is 4.79 Å². The average molecular weight is 277 g/mol. The number of amides is 1. The number of aliphatic hydroxyl groups is 1. The zero-order chi connectivity index (χ0) is 13.8. The Labute approximate surface area is 113 Å². The van der Waals surface area contributed by atoms with Gasteiger partial charge in [0.15, 0.2) is 0 Å². The van der Waals surface area contributed by atoms with Gasteiger partial charge < -0.3 is 15.5 Å². The molecule has 1 aromatic heterocycles. The highest BCUT2D eigenvalue weighted by molar-refractivity contribution is 7.15. The molecule has 0 bridgehead atoms. The minimum Gasteiger partial charge on any atom is -0.477 e. The quantitative estimate of drug-likeness (QED) is 0.799. The maximum absolute atomic E-state index is 11.9. The summed E-state index contributed by atoms with van der Waals surface area (Å²) in [6.45, 7) is -0.0544. The standard InChI is InChI=1S/C13H11NO4S/c15-7-8-1-3-9(4-2-8)14-12(16)10-5-6-11(19-10)13(17)18/h1-6,15H,7H2,(H,14,16)(H,17,18). The van der Waals surface area contributed by atoms with Crippen LogP contribution in [0.3, 0.4) is 0 Å². The van der Waals surface area contributed by atoms with Crippen LogP contribution in [-0.4, -0.2) is 22.1 Å². The number of benzene rings is 1. The van der Waals surface area contributed by atoms with E-state index in [4.69, 9.17) is 10.2 Å². The van der Waals surface area contributed by atoms with Gasteiger partial charge in [-0.05, 0) is 29.8 Å². The minimum absolute atomic E-state index is 0.0544. The van der Waals surface area contributed by atoms with E-state index in [1.54, 1.807) is 24.3 Å². The first-order valence-electron chi connectivity index (χ1n) is 5.44.